The fourth-order valence-corrected chi connectivity index (χ4v) is 2.19. The minimum absolute atomic E-state index is 0.260. The molecule has 0 saturated heterocycles. The van der Waals surface area contributed by atoms with E-state index in [4.69, 9.17) is 9.47 Å². The molecule has 0 aliphatic carbocycles. The number of benzene rings is 2. The minimum Gasteiger partial charge on any atom is -0.460 e. The molecule has 0 N–H and O–H groups in total. The van der Waals surface area contributed by atoms with E-state index < -0.39 is 11.8 Å². The Hall–Kier alpha value is -2.46. The van der Waals surface area contributed by atoms with Crippen molar-refractivity contribution in [1.29, 1.82) is 0 Å². The Labute approximate surface area is 142 Å². The third kappa shape index (κ3) is 6.34. The summed E-state index contributed by atoms with van der Waals surface area (Å²) in [7, 11) is 0. The monoisotopic (exact) mass is 326 g/mol. The molecular weight excluding hydrogens is 304 g/mol. The summed E-state index contributed by atoms with van der Waals surface area (Å²) in [6, 6.07) is 18.5. The summed E-state index contributed by atoms with van der Waals surface area (Å²) in [5.74, 6) is -1.39. The number of esters is 1. The van der Waals surface area contributed by atoms with Crippen molar-refractivity contribution in [3.8, 4) is 0 Å². The van der Waals surface area contributed by atoms with E-state index in [0.29, 0.717) is 18.8 Å². The van der Waals surface area contributed by atoms with Crippen LogP contribution in [0.1, 0.15) is 35.2 Å². The van der Waals surface area contributed by atoms with Crippen molar-refractivity contribution in [3.05, 3.63) is 71.8 Å². The first kappa shape index (κ1) is 17.9. The summed E-state index contributed by atoms with van der Waals surface area (Å²) in [6.45, 7) is 1.54. The van der Waals surface area contributed by atoms with E-state index in [1.165, 1.54) is 0 Å². The van der Waals surface area contributed by atoms with E-state index in [2.05, 4.69) is 0 Å². The van der Waals surface area contributed by atoms with Gasteiger partial charge in [0.1, 0.15) is 0 Å². The molecule has 0 bridgehead atoms. The van der Waals surface area contributed by atoms with Crippen LogP contribution < -0.4 is 0 Å². The molecule has 0 aromatic heterocycles. The van der Waals surface area contributed by atoms with Gasteiger partial charge in [-0.3, -0.25) is 4.79 Å². The van der Waals surface area contributed by atoms with Crippen molar-refractivity contribution in [2.24, 2.45) is 0 Å². The van der Waals surface area contributed by atoms with Crippen molar-refractivity contribution >= 4 is 11.8 Å². The first-order valence-corrected chi connectivity index (χ1v) is 8.15. The first-order chi connectivity index (χ1) is 11.8. The van der Waals surface area contributed by atoms with Gasteiger partial charge in [-0.1, -0.05) is 60.7 Å². The number of ketones is 1. The molecule has 0 atom stereocenters. The fourth-order valence-electron chi connectivity index (χ4n) is 2.19. The number of carbonyl (C=O) groups excluding carboxylic acids is 2. The lowest BCUT2D eigenvalue weighted by Crippen LogP contribution is -2.18. The molecule has 2 rings (SSSR count). The van der Waals surface area contributed by atoms with Crippen LogP contribution >= 0.6 is 0 Å². The molecule has 0 aliphatic rings. The summed E-state index contributed by atoms with van der Waals surface area (Å²) < 4.78 is 10.6. The predicted molar refractivity (Wildman–Crippen MR) is 91.7 cm³/mol. The predicted octanol–water partition coefficient (Wildman–Crippen LogP) is 3.80. The number of Topliss-reactive ketones (excluding diaryl/α,β-unsaturated/α-hetero) is 1. The van der Waals surface area contributed by atoms with Crippen LogP contribution in [-0.4, -0.2) is 25.0 Å². The van der Waals surface area contributed by atoms with E-state index in [1.54, 1.807) is 30.3 Å². The van der Waals surface area contributed by atoms with Crippen molar-refractivity contribution in [1.82, 2.24) is 0 Å². The van der Waals surface area contributed by atoms with Crippen molar-refractivity contribution in [3.63, 3.8) is 0 Å². The minimum atomic E-state index is -0.790. The zero-order chi connectivity index (χ0) is 17.0. The molecule has 126 valence electrons. The summed E-state index contributed by atoms with van der Waals surface area (Å²) in [6.07, 6.45) is 2.51. The van der Waals surface area contributed by atoms with Gasteiger partial charge in [-0.2, -0.15) is 0 Å². The van der Waals surface area contributed by atoms with Crippen LogP contribution in [0, 0.1) is 0 Å². The molecule has 0 radical (unpaired) electrons. The standard InChI is InChI=1S/C20H22O4/c21-19(18-12-6-2-7-13-18)20(22)24-15-9-3-8-14-23-16-17-10-4-1-5-11-17/h1-2,4-7,10-13H,3,8-9,14-16H2. The highest BCUT2D eigenvalue weighted by atomic mass is 16.5. The largest absolute Gasteiger partial charge is 0.460 e. The van der Waals surface area contributed by atoms with Gasteiger partial charge in [0.15, 0.2) is 0 Å². The topological polar surface area (TPSA) is 52.6 Å². The molecule has 24 heavy (non-hydrogen) atoms. The summed E-state index contributed by atoms with van der Waals surface area (Å²) in [5, 5.41) is 0. The lowest BCUT2D eigenvalue weighted by Gasteiger charge is -2.05. The van der Waals surface area contributed by atoms with E-state index in [1.807, 2.05) is 30.3 Å². The number of carbonyl (C=O) groups is 2. The number of hydrogen-bond acceptors (Lipinski definition) is 4. The third-order valence-electron chi connectivity index (χ3n) is 3.50. The number of unbranched alkanes of at least 4 members (excludes halogenated alkanes) is 2. The van der Waals surface area contributed by atoms with Crippen molar-refractivity contribution in [2.75, 3.05) is 13.2 Å². The van der Waals surface area contributed by atoms with Gasteiger partial charge < -0.3 is 9.47 Å². The molecule has 0 amide bonds. The lowest BCUT2D eigenvalue weighted by molar-refractivity contribution is -0.138. The Morgan fingerprint density at radius 1 is 0.750 bits per heavy atom. The zero-order valence-electron chi connectivity index (χ0n) is 13.6. The maximum atomic E-state index is 11.8. The van der Waals surface area contributed by atoms with Crippen LogP contribution in [0.25, 0.3) is 0 Å². The van der Waals surface area contributed by atoms with E-state index in [9.17, 15) is 9.59 Å². The van der Waals surface area contributed by atoms with Crippen LogP contribution in [0.5, 0.6) is 0 Å². The molecule has 2 aromatic rings. The molecule has 0 aliphatic heterocycles. The van der Waals surface area contributed by atoms with Crippen LogP contribution in [0.2, 0.25) is 0 Å². The Balaban J connectivity index is 1.50. The molecular formula is C20H22O4. The highest BCUT2D eigenvalue weighted by Gasteiger charge is 2.16. The maximum absolute atomic E-state index is 11.8. The Bertz CT molecular complexity index is 623. The average molecular weight is 326 g/mol. The molecule has 4 nitrogen and oxygen atoms in total. The lowest BCUT2D eigenvalue weighted by atomic mass is 10.1. The van der Waals surface area contributed by atoms with Crippen molar-refractivity contribution < 1.29 is 19.1 Å². The quantitative estimate of drug-likeness (QED) is 0.288. The second-order valence-corrected chi connectivity index (χ2v) is 5.43. The second-order valence-electron chi connectivity index (χ2n) is 5.43. The van der Waals surface area contributed by atoms with Crippen LogP contribution in [0.15, 0.2) is 60.7 Å². The van der Waals surface area contributed by atoms with Crippen LogP contribution in [0.4, 0.5) is 0 Å². The van der Waals surface area contributed by atoms with Gasteiger partial charge in [0, 0.05) is 12.2 Å². The van der Waals surface area contributed by atoms with Gasteiger partial charge in [-0.15, -0.1) is 0 Å². The highest BCUT2D eigenvalue weighted by molar-refractivity contribution is 6.40. The smallest absolute Gasteiger partial charge is 0.379 e. The molecule has 2 aromatic carbocycles. The van der Waals surface area contributed by atoms with Crippen LogP contribution in [-0.2, 0) is 20.9 Å². The first-order valence-electron chi connectivity index (χ1n) is 8.15. The molecule has 0 heterocycles. The number of rotatable bonds is 10. The molecule has 0 fully saturated rings. The van der Waals surface area contributed by atoms with E-state index in [-0.39, 0.29) is 6.61 Å². The van der Waals surface area contributed by atoms with Gasteiger partial charge in [0.05, 0.1) is 13.2 Å². The summed E-state index contributed by atoms with van der Waals surface area (Å²) in [5.41, 5.74) is 1.52. The third-order valence-corrected chi connectivity index (χ3v) is 3.50. The molecule has 0 saturated carbocycles. The number of ether oxygens (including phenoxy) is 2. The average Bonchev–Trinajstić information content (AvgIpc) is 2.64. The van der Waals surface area contributed by atoms with Gasteiger partial charge >= 0.3 is 5.97 Å². The van der Waals surface area contributed by atoms with E-state index in [0.717, 1.165) is 24.8 Å². The number of hydrogen-bond donors (Lipinski definition) is 0. The second kappa shape index (κ2) is 10.3. The van der Waals surface area contributed by atoms with Gasteiger partial charge in [0.25, 0.3) is 5.78 Å². The summed E-state index contributed by atoms with van der Waals surface area (Å²) in [4.78, 5) is 23.4. The Morgan fingerprint density at radius 3 is 2.08 bits per heavy atom. The Morgan fingerprint density at radius 2 is 1.38 bits per heavy atom. The van der Waals surface area contributed by atoms with Crippen molar-refractivity contribution in [2.45, 2.75) is 25.9 Å². The van der Waals surface area contributed by atoms with Crippen LogP contribution in [0.3, 0.4) is 0 Å². The Kier molecular flexibility index (Phi) is 7.71. The molecule has 0 unspecified atom stereocenters. The van der Waals surface area contributed by atoms with Gasteiger partial charge in [-0.05, 0) is 24.8 Å². The molecule has 0 spiro atoms. The van der Waals surface area contributed by atoms with Gasteiger partial charge in [0.2, 0.25) is 0 Å². The highest BCUT2D eigenvalue weighted by Crippen LogP contribution is 2.04. The summed E-state index contributed by atoms with van der Waals surface area (Å²) >= 11 is 0. The van der Waals surface area contributed by atoms with Gasteiger partial charge in [-0.25, -0.2) is 4.79 Å². The normalized spacial score (nSPS) is 10.3. The maximum Gasteiger partial charge on any atom is 0.379 e. The molecule has 4 heteroatoms. The van der Waals surface area contributed by atoms with E-state index >= 15 is 0 Å². The zero-order valence-corrected chi connectivity index (χ0v) is 13.6. The fraction of sp³-hybridized carbons (Fsp3) is 0.300. The SMILES string of the molecule is O=C(OCCCCCOCc1ccccc1)C(=O)c1ccccc1.